The van der Waals surface area contributed by atoms with Crippen LogP contribution in [0.15, 0.2) is 69.4 Å². The summed E-state index contributed by atoms with van der Waals surface area (Å²) in [5.41, 5.74) is 2.02. The molecule has 4 rings (SSSR count). The Labute approximate surface area is 165 Å². The summed E-state index contributed by atoms with van der Waals surface area (Å²) < 4.78 is 6.98. The molecule has 0 bridgehead atoms. The summed E-state index contributed by atoms with van der Waals surface area (Å²) in [6, 6.07) is 14.6. The molecule has 0 radical (unpaired) electrons. The fourth-order valence-electron chi connectivity index (χ4n) is 2.46. The van der Waals surface area contributed by atoms with Crippen molar-refractivity contribution in [3.8, 4) is 11.5 Å². The maximum Gasteiger partial charge on any atom is 0.257 e. The highest BCUT2D eigenvalue weighted by Crippen LogP contribution is 2.26. The first-order valence-corrected chi connectivity index (χ1v) is 9.24. The van der Waals surface area contributed by atoms with Gasteiger partial charge in [-0.3, -0.25) is 4.79 Å². The van der Waals surface area contributed by atoms with E-state index in [0.29, 0.717) is 23.0 Å². The minimum Gasteiger partial charge on any atom is -0.334 e. The largest absolute Gasteiger partial charge is 0.334 e. The number of aryl methyl sites for hydroxylation is 2. The molecule has 4 aromatic rings. The van der Waals surface area contributed by atoms with E-state index < -0.39 is 0 Å². The molecule has 0 aliphatic rings. The Balaban J connectivity index is 1.41. The number of rotatable bonds is 5. The molecule has 0 unspecified atom stereocenters. The van der Waals surface area contributed by atoms with Crippen LogP contribution in [-0.2, 0) is 7.05 Å². The zero-order valence-corrected chi connectivity index (χ0v) is 16.0. The summed E-state index contributed by atoms with van der Waals surface area (Å²) in [6.45, 7) is 1.76. The average Bonchev–Trinajstić information content (AvgIpc) is 3.32. The van der Waals surface area contributed by atoms with Crippen LogP contribution in [0.3, 0.4) is 0 Å². The molecule has 2 aromatic carbocycles. The highest BCUT2D eigenvalue weighted by Gasteiger charge is 2.10. The number of nitrogens with one attached hydrogen (secondary N) is 1. The fourth-order valence-corrected chi connectivity index (χ4v) is 3.22. The monoisotopic (exact) mass is 392 g/mol. The van der Waals surface area contributed by atoms with E-state index in [0.717, 1.165) is 15.6 Å². The minimum atomic E-state index is -0.193. The highest BCUT2D eigenvalue weighted by atomic mass is 32.2. The summed E-state index contributed by atoms with van der Waals surface area (Å²) >= 11 is 1.50. The molecule has 0 aliphatic heterocycles. The Bertz CT molecular complexity index is 1100. The molecule has 8 nitrogen and oxygen atoms in total. The number of carbonyl (C=O) groups excluding carboxylic acids is 1. The van der Waals surface area contributed by atoms with Crippen LogP contribution in [0.2, 0.25) is 0 Å². The first-order valence-electron chi connectivity index (χ1n) is 8.42. The van der Waals surface area contributed by atoms with E-state index in [1.165, 1.54) is 11.8 Å². The number of nitrogens with zero attached hydrogens (tertiary/aromatic N) is 5. The van der Waals surface area contributed by atoms with E-state index in [2.05, 4.69) is 25.7 Å². The first-order chi connectivity index (χ1) is 13.6. The molecule has 140 valence electrons. The molecule has 0 aliphatic carbocycles. The summed E-state index contributed by atoms with van der Waals surface area (Å²) in [6.07, 6.45) is 1.65. The van der Waals surface area contributed by atoms with Crippen LogP contribution >= 0.6 is 11.8 Å². The van der Waals surface area contributed by atoms with E-state index >= 15 is 0 Å². The van der Waals surface area contributed by atoms with Gasteiger partial charge in [-0.05, 0) is 67.2 Å². The van der Waals surface area contributed by atoms with Crippen LogP contribution in [-0.4, -0.2) is 30.8 Å². The third-order valence-electron chi connectivity index (χ3n) is 3.91. The Morgan fingerprint density at radius 3 is 2.46 bits per heavy atom. The van der Waals surface area contributed by atoms with Gasteiger partial charge in [0.25, 0.3) is 11.8 Å². The standard InChI is InChI=1S/C19H16N6O2S/c1-12-21-18(27-24-12)14-5-3-13(4-6-14)17(26)22-15-7-9-16(10-8-15)28-19-23-20-11-25(19)2/h3-11H,1-2H3,(H,22,26). The van der Waals surface area contributed by atoms with Crippen LogP contribution in [0.5, 0.6) is 0 Å². The molecule has 0 atom stereocenters. The van der Waals surface area contributed by atoms with Gasteiger partial charge in [0.1, 0.15) is 6.33 Å². The van der Waals surface area contributed by atoms with Gasteiger partial charge in [0.15, 0.2) is 11.0 Å². The first kappa shape index (κ1) is 17.9. The zero-order valence-electron chi connectivity index (χ0n) is 15.2. The van der Waals surface area contributed by atoms with Gasteiger partial charge in [0.2, 0.25) is 0 Å². The van der Waals surface area contributed by atoms with Gasteiger partial charge in [-0.2, -0.15) is 4.98 Å². The molecule has 0 saturated heterocycles. The van der Waals surface area contributed by atoms with Crippen molar-refractivity contribution in [3.63, 3.8) is 0 Å². The molecule has 9 heteroatoms. The number of aromatic nitrogens is 5. The van der Waals surface area contributed by atoms with Crippen molar-refractivity contribution in [2.45, 2.75) is 17.0 Å². The summed E-state index contributed by atoms with van der Waals surface area (Å²) in [5.74, 6) is 0.806. The molecule has 28 heavy (non-hydrogen) atoms. The topological polar surface area (TPSA) is 98.7 Å². The number of hydrogen-bond donors (Lipinski definition) is 1. The number of benzene rings is 2. The van der Waals surface area contributed by atoms with Crippen molar-refractivity contribution >= 4 is 23.4 Å². The van der Waals surface area contributed by atoms with Crippen LogP contribution in [0, 0.1) is 6.92 Å². The van der Waals surface area contributed by atoms with E-state index in [4.69, 9.17) is 4.52 Å². The molecule has 1 N–H and O–H groups in total. The second-order valence-corrected chi connectivity index (χ2v) is 7.07. The van der Waals surface area contributed by atoms with Gasteiger partial charge in [0.05, 0.1) is 0 Å². The third-order valence-corrected chi connectivity index (χ3v) is 4.97. The van der Waals surface area contributed by atoms with Gasteiger partial charge in [-0.25, -0.2) is 0 Å². The van der Waals surface area contributed by atoms with Gasteiger partial charge in [-0.15, -0.1) is 10.2 Å². The van der Waals surface area contributed by atoms with E-state index in [9.17, 15) is 4.79 Å². The fraction of sp³-hybridized carbons (Fsp3) is 0.105. The van der Waals surface area contributed by atoms with Crippen LogP contribution in [0.25, 0.3) is 11.5 Å². The third kappa shape index (κ3) is 3.94. The van der Waals surface area contributed by atoms with Crippen molar-refractivity contribution in [1.29, 1.82) is 0 Å². The van der Waals surface area contributed by atoms with Crippen LogP contribution in [0.1, 0.15) is 16.2 Å². The Kier molecular flexibility index (Phi) is 4.90. The molecule has 0 saturated carbocycles. The molecular weight excluding hydrogens is 376 g/mol. The normalized spacial score (nSPS) is 10.8. The van der Waals surface area contributed by atoms with Crippen molar-refractivity contribution in [2.24, 2.45) is 7.05 Å². The molecule has 1 amide bonds. The smallest absolute Gasteiger partial charge is 0.257 e. The predicted molar refractivity (Wildman–Crippen MR) is 104 cm³/mol. The Hall–Kier alpha value is -3.46. The minimum absolute atomic E-state index is 0.193. The van der Waals surface area contributed by atoms with E-state index in [-0.39, 0.29) is 5.91 Å². The Morgan fingerprint density at radius 2 is 1.86 bits per heavy atom. The van der Waals surface area contributed by atoms with Crippen molar-refractivity contribution < 1.29 is 9.32 Å². The van der Waals surface area contributed by atoms with Crippen molar-refractivity contribution in [3.05, 3.63) is 66.2 Å². The summed E-state index contributed by atoms with van der Waals surface area (Å²) in [7, 11) is 1.89. The lowest BCUT2D eigenvalue weighted by atomic mass is 10.1. The number of amides is 1. The average molecular weight is 392 g/mol. The van der Waals surface area contributed by atoms with Crippen molar-refractivity contribution in [2.75, 3.05) is 5.32 Å². The number of carbonyl (C=O) groups is 1. The quantitative estimate of drug-likeness (QED) is 0.554. The van der Waals surface area contributed by atoms with E-state index in [1.54, 1.807) is 37.5 Å². The van der Waals surface area contributed by atoms with Gasteiger partial charge in [-0.1, -0.05) is 5.16 Å². The van der Waals surface area contributed by atoms with E-state index in [1.807, 2.05) is 35.9 Å². The summed E-state index contributed by atoms with van der Waals surface area (Å²) in [5, 5.41) is 15.4. The Morgan fingerprint density at radius 1 is 1.11 bits per heavy atom. The SMILES string of the molecule is Cc1noc(-c2ccc(C(=O)Nc3ccc(Sc4nncn4C)cc3)cc2)n1. The molecule has 0 fully saturated rings. The lowest BCUT2D eigenvalue weighted by Gasteiger charge is -2.07. The molecule has 2 heterocycles. The van der Waals surface area contributed by atoms with Crippen molar-refractivity contribution in [1.82, 2.24) is 24.9 Å². The zero-order chi connectivity index (χ0) is 19.5. The van der Waals surface area contributed by atoms with Crippen LogP contribution in [0.4, 0.5) is 5.69 Å². The molecular formula is C19H16N6O2S. The van der Waals surface area contributed by atoms with Crippen LogP contribution < -0.4 is 5.32 Å². The maximum atomic E-state index is 12.5. The van der Waals surface area contributed by atoms with Gasteiger partial charge < -0.3 is 14.4 Å². The maximum absolute atomic E-state index is 12.5. The van der Waals surface area contributed by atoms with Gasteiger partial charge in [0, 0.05) is 28.8 Å². The number of anilines is 1. The number of hydrogen-bond acceptors (Lipinski definition) is 7. The summed E-state index contributed by atoms with van der Waals surface area (Å²) in [4.78, 5) is 17.6. The van der Waals surface area contributed by atoms with Gasteiger partial charge >= 0.3 is 0 Å². The lowest BCUT2D eigenvalue weighted by molar-refractivity contribution is 0.102. The highest BCUT2D eigenvalue weighted by molar-refractivity contribution is 7.99. The lowest BCUT2D eigenvalue weighted by Crippen LogP contribution is -2.11. The predicted octanol–water partition coefficient (Wildman–Crippen LogP) is 3.58. The second kappa shape index (κ2) is 7.65. The molecule has 2 aromatic heterocycles. The second-order valence-electron chi connectivity index (χ2n) is 6.03. The molecule has 0 spiro atoms.